The molecule has 2 aromatic heterocycles. The Bertz CT molecular complexity index is 859. The fourth-order valence-corrected chi connectivity index (χ4v) is 2.66. The molecule has 24 heavy (non-hydrogen) atoms. The van der Waals surface area contributed by atoms with E-state index in [2.05, 4.69) is 10.3 Å². The number of benzene rings is 1. The lowest BCUT2D eigenvalue weighted by atomic mass is 10.3. The number of thiophene rings is 1. The molecule has 0 aliphatic carbocycles. The summed E-state index contributed by atoms with van der Waals surface area (Å²) < 4.78 is 11.0. The van der Waals surface area contributed by atoms with Crippen LogP contribution in [0.5, 0.6) is 5.75 Å². The number of nitriles is 1. The minimum absolute atomic E-state index is 0.217. The fourth-order valence-electron chi connectivity index (χ4n) is 2.04. The van der Waals surface area contributed by atoms with Crippen molar-refractivity contribution in [3.05, 3.63) is 58.2 Å². The molecule has 3 aromatic rings. The van der Waals surface area contributed by atoms with Crippen LogP contribution >= 0.6 is 11.3 Å². The van der Waals surface area contributed by atoms with Crippen molar-refractivity contribution in [2.45, 2.75) is 6.92 Å². The van der Waals surface area contributed by atoms with Crippen LogP contribution in [0.25, 0.3) is 12.2 Å². The molecule has 0 amide bonds. The van der Waals surface area contributed by atoms with Gasteiger partial charge in [-0.2, -0.15) is 10.2 Å². The molecule has 5 nitrogen and oxygen atoms in total. The first-order chi connectivity index (χ1) is 11.8. The average molecular weight is 337 g/mol. The Labute approximate surface area is 143 Å². The predicted molar refractivity (Wildman–Crippen MR) is 95.4 cm³/mol. The van der Waals surface area contributed by atoms with Crippen molar-refractivity contribution >= 4 is 35.1 Å². The van der Waals surface area contributed by atoms with Crippen LogP contribution < -0.4 is 10.1 Å². The maximum Gasteiger partial charge on any atom is 0.236 e. The Morgan fingerprint density at radius 1 is 1.29 bits per heavy atom. The van der Waals surface area contributed by atoms with E-state index >= 15 is 0 Å². The lowest BCUT2D eigenvalue weighted by Gasteiger charge is -2.05. The van der Waals surface area contributed by atoms with E-state index in [1.807, 2.05) is 60.8 Å². The van der Waals surface area contributed by atoms with E-state index in [1.165, 1.54) is 0 Å². The highest BCUT2D eigenvalue weighted by Gasteiger charge is 2.11. The van der Waals surface area contributed by atoms with Gasteiger partial charge in [0.1, 0.15) is 11.8 Å². The van der Waals surface area contributed by atoms with Gasteiger partial charge in [0.05, 0.1) is 6.61 Å². The molecule has 1 aromatic carbocycles. The first-order valence-corrected chi connectivity index (χ1v) is 8.29. The molecule has 0 bridgehead atoms. The van der Waals surface area contributed by atoms with Crippen LogP contribution in [-0.4, -0.2) is 11.6 Å². The van der Waals surface area contributed by atoms with Gasteiger partial charge in [0, 0.05) is 16.6 Å². The molecule has 0 aliphatic heterocycles. The first-order valence-electron chi connectivity index (χ1n) is 7.41. The van der Waals surface area contributed by atoms with Gasteiger partial charge >= 0.3 is 0 Å². The highest BCUT2D eigenvalue weighted by molar-refractivity contribution is 7.10. The third-order valence-electron chi connectivity index (χ3n) is 3.11. The van der Waals surface area contributed by atoms with E-state index in [0.717, 1.165) is 16.3 Å². The van der Waals surface area contributed by atoms with Crippen LogP contribution in [0.4, 0.5) is 11.6 Å². The summed E-state index contributed by atoms with van der Waals surface area (Å²) in [6.07, 6.45) is 3.65. The van der Waals surface area contributed by atoms with E-state index in [-0.39, 0.29) is 5.69 Å². The number of hydrogen-bond acceptors (Lipinski definition) is 6. The molecule has 0 atom stereocenters. The zero-order chi connectivity index (χ0) is 16.8. The third-order valence-corrected chi connectivity index (χ3v) is 3.94. The van der Waals surface area contributed by atoms with Crippen LogP contribution in [0.15, 0.2) is 46.2 Å². The summed E-state index contributed by atoms with van der Waals surface area (Å²) in [5.41, 5.74) is 1.01. The third kappa shape index (κ3) is 3.83. The van der Waals surface area contributed by atoms with Gasteiger partial charge in [-0.15, -0.1) is 11.3 Å². The number of anilines is 2. The topological polar surface area (TPSA) is 71.1 Å². The molecule has 0 saturated carbocycles. The summed E-state index contributed by atoms with van der Waals surface area (Å²) >= 11 is 1.62. The zero-order valence-electron chi connectivity index (χ0n) is 13.0. The Balaban J connectivity index is 1.76. The molecule has 120 valence electrons. The second-order valence-corrected chi connectivity index (χ2v) is 5.75. The maximum absolute atomic E-state index is 9.22. The van der Waals surface area contributed by atoms with Crippen molar-refractivity contribution < 1.29 is 9.15 Å². The summed E-state index contributed by atoms with van der Waals surface area (Å²) in [4.78, 5) is 5.26. The first kappa shape index (κ1) is 15.8. The number of oxazole rings is 1. The number of nitrogens with zero attached hydrogens (tertiary/aromatic N) is 2. The molecule has 2 heterocycles. The summed E-state index contributed by atoms with van der Waals surface area (Å²) in [6.45, 7) is 2.55. The molecular weight excluding hydrogens is 322 g/mol. The van der Waals surface area contributed by atoms with Crippen molar-refractivity contribution in [3.8, 4) is 11.8 Å². The van der Waals surface area contributed by atoms with Gasteiger partial charge in [0.25, 0.3) is 0 Å². The summed E-state index contributed by atoms with van der Waals surface area (Å²) in [5.74, 6) is 1.50. The van der Waals surface area contributed by atoms with E-state index in [0.29, 0.717) is 18.4 Å². The molecule has 6 heteroatoms. The second kappa shape index (κ2) is 7.49. The Morgan fingerprint density at radius 2 is 2.12 bits per heavy atom. The number of nitrogens with one attached hydrogen (secondary N) is 1. The van der Waals surface area contributed by atoms with Crippen LogP contribution in [0.3, 0.4) is 0 Å². The van der Waals surface area contributed by atoms with Gasteiger partial charge in [0.2, 0.25) is 17.5 Å². The van der Waals surface area contributed by atoms with Crippen LogP contribution in [0.2, 0.25) is 0 Å². The second-order valence-electron chi connectivity index (χ2n) is 4.77. The SMILES string of the molecule is CCOc1ccc(Nc2oc(C=Cc3cccs3)nc2C#N)cc1. The molecule has 0 aliphatic rings. The van der Waals surface area contributed by atoms with Crippen LogP contribution in [-0.2, 0) is 0 Å². The molecular formula is C18H15N3O2S. The minimum Gasteiger partial charge on any atom is -0.494 e. The lowest BCUT2D eigenvalue weighted by Crippen LogP contribution is -1.93. The maximum atomic E-state index is 9.22. The molecule has 0 unspecified atom stereocenters. The Kier molecular flexibility index (Phi) is 4.94. The van der Waals surface area contributed by atoms with Crippen molar-refractivity contribution in [2.24, 2.45) is 0 Å². The summed E-state index contributed by atoms with van der Waals surface area (Å²) in [5, 5.41) is 14.3. The quantitative estimate of drug-likeness (QED) is 0.691. The highest BCUT2D eigenvalue weighted by atomic mass is 32.1. The van der Waals surface area contributed by atoms with E-state index in [9.17, 15) is 5.26 Å². The summed E-state index contributed by atoms with van der Waals surface area (Å²) in [7, 11) is 0. The zero-order valence-corrected chi connectivity index (χ0v) is 13.8. The van der Waals surface area contributed by atoms with Crippen molar-refractivity contribution in [1.82, 2.24) is 4.98 Å². The van der Waals surface area contributed by atoms with Gasteiger partial charge in [-0.05, 0) is 48.7 Å². The fraction of sp³-hybridized carbons (Fsp3) is 0.111. The highest BCUT2D eigenvalue weighted by Crippen LogP contribution is 2.24. The van der Waals surface area contributed by atoms with Gasteiger partial charge < -0.3 is 14.5 Å². The van der Waals surface area contributed by atoms with E-state index < -0.39 is 0 Å². The number of hydrogen-bond donors (Lipinski definition) is 1. The van der Waals surface area contributed by atoms with Crippen molar-refractivity contribution in [3.63, 3.8) is 0 Å². The van der Waals surface area contributed by atoms with Gasteiger partial charge in [0.15, 0.2) is 0 Å². The predicted octanol–water partition coefficient (Wildman–Crippen LogP) is 4.92. The molecule has 0 radical (unpaired) electrons. The Morgan fingerprint density at radius 3 is 2.79 bits per heavy atom. The standard InChI is InChI=1S/C18H15N3O2S/c1-2-22-14-7-5-13(6-8-14)20-18-16(12-19)21-17(23-18)10-9-15-4-3-11-24-15/h3-11,20H,2H2,1H3. The molecule has 0 spiro atoms. The van der Waals surface area contributed by atoms with Gasteiger partial charge in [-0.25, -0.2) is 0 Å². The number of rotatable bonds is 6. The molecule has 1 N–H and O–H groups in total. The van der Waals surface area contributed by atoms with E-state index in [1.54, 1.807) is 17.4 Å². The van der Waals surface area contributed by atoms with Gasteiger partial charge in [-0.1, -0.05) is 6.07 Å². The van der Waals surface area contributed by atoms with E-state index in [4.69, 9.17) is 9.15 Å². The normalized spacial score (nSPS) is 10.7. The van der Waals surface area contributed by atoms with Crippen LogP contribution in [0.1, 0.15) is 23.4 Å². The molecule has 0 saturated heterocycles. The summed E-state index contributed by atoms with van der Waals surface area (Å²) in [6, 6.07) is 13.4. The van der Waals surface area contributed by atoms with Crippen molar-refractivity contribution in [2.75, 3.05) is 11.9 Å². The van der Waals surface area contributed by atoms with Crippen LogP contribution in [0, 0.1) is 11.3 Å². The minimum atomic E-state index is 0.217. The largest absolute Gasteiger partial charge is 0.494 e. The Hall–Kier alpha value is -3.04. The smallest absolute Gasteiger partial charge is 0.236 e. The van der Waals surface area contributed by atoms with Crippen molar-refractivity contribution in [1.29, 1.82) is 5.26 Å². The molecule has 3 rings (SSSR count). The lowest BCUT2D eigenvalue weighted by molar-refractivity contribution is 0.340. The van der Waals surface area contributed by atoms with Gasteiger partial charge in [-0.3, -0.25) is 0 Å². The number of aromatic nitrogens is 1. The molecule has 0 fully saturated rings. The monoisotopic (exact) mass is 337 g/mol. The average Bonchev–Trinajstić information content (AvgIpc) is 3.24. The number of ether oxygens (including phenoxy) is 1.